The molecule has 54 heavy (non-hydrogen) atoms. The van der Waals surface area contributed by atoms with E-state index in [0.29, 0.717) is 93.0 Å². The second-order valence-corrected chi connectivity index (χ2v) is 14.3. The molecule has 0 amide bonds. The van der Waals surface area contributed by atoms with Crippen LogP contribution in [0.2, 0.25) is 0 Å². The summed E-state index contributed by atoms with van der Waals surface area (Å²) in [5, 5.41) is 7.28. The van der Waals surface area contributed by atoms with Gasteiger partial charge in [0.15, 0.2) is 5.75 Å². The summed E-state index contributed by atoms with van der Waals surface area (Å²) < 4.78 is 43.9. The Labute approximate surface area is 306 Å². The van der Waals surface area contributed by atoms with Gasteiger partial charge >= 0.3 is 10.1 Å². The molecule has 0 unspecified atom stereocenters. The first-order chi connectivity index (χ1) is 26.4. The number of pyridine rings is 2. The van der Waals surface area contributed by atoms with Gasteiger partial charge in [-0.3, -0.25) is 18.4 Å². The van der Waals surface area contributed by atoms with Gasteiger partial charge in [0, 0.05) is 59.2 Å². The van der Waals surface area contributed by atoms with E-state index < -0.39 is 10.1 Å². The lowest BCUT2D eigenvalue weighted by Crippen LogP contribution is -2.20. The van der Waals surface area contributed by atoms with Crippen LogP contribution in [0, 0.1) is 0 Å². The minimum atomic E-state index is -4.37. The van der Waals surface area contributed by atoms with Crippen molar-refractivity contribution in [1.29, 1.82) is 0 Å². The molecule has 0 saturated heterocycles. The average Bonchev–Trinajstić information content (AvgIpc) is 3.80. The van der Waals surface area contributed by atoms with Crippen molar-refractivity contribution < 1.29 is 17.3 Å². The van der Waals surface area contributed by atoms with E-state index in [1.807, 2.05) is 102 Å². The number of nitrogens with zero attached hydrogens (tertiary/aromatic N) is 4. The third-order valence-corrected chi connectivity index (χ3v) is 11.9. The number of aromatic nitrogens is 4. The summed E-state index contributed by atoms with van der Waals surface area (Å²) in [4.78, 5) is 38.4. The van der Waals surface area contributed by atoms with Gasteiger partial charge in [-0.1, -0.05) is 65.8 Å². The van der Waals surface area contributed by atoms with Gasteiger partial charge in [0.2, 0.25) is 0 Å². The Bertz CT molecular complexity index is 3660. The smallest absolute Gasteiger partial charge is 0.339 e. The molecule has 6 heterocycles. The fraction of sp³-hybridized carbons (Fsp3) is 0.163. The maximum atomic E-state index is 14.4. The molecule has 0 aliphatic carbocycles. The van der Waals surface area contributed by atoms with Crippen molar-refractivity contribution in [2.24, 2.45) is 0 Å². The van der Waals surface area contributed by atoms with Crippen molar-refractivity contribution in [3.63, 3.8) is 0 Å². The number of hydrogen-bond donors (Lipinski definition) is 0. The molecule has 13 rings (SSSR count). The van der Waals surface area contributed by atoms with E-state index >= 15 is 0 Å². The number of rotatable bonds is 0. The van der Waals surface area contributed by atoms with Gasteiger partial charge in [-0.2, -0.15) is 8.42 Å². The van der Waals surface area contributed by atoms with E-state index in [0.717, 1.165) is 16.3 Å². The van der Waals surface area contributed by atoms with Crippen molar-refractivity contribution in [3.8, 4) is 11.5 Å². The summed E-state index contributed by atoms with van der Waals surface area (Å²) in [6.07, 6.45) is 0. The van der Waals surface area contributed by atoms with Gasteiger partial charge in [0.25, 0.3) is 11.1 Å². The second-order valence-electron chi connectivity index (χ2n) is 12.8. The molecule has 0 fully saturated rings. The molecule has 7 aromatic carbocycles. The molecule has 2 aliphatic rings. The maximum Gasteiger partial charge on any atom is 0.339 e. The van der Waals surface area contributed by atoms with E-state index in [2.05, 4.69) is 0 Å². The van der Waals surface area contributed by atoms with Gasteiger partial charge in [0.1, 0.15) is 28.5 Å². The monoisotopic (exact) mass is 732 g/mol. The standard InChI is InChI=1S/C37H14N4O6S.3C2H6/c42-36-17-9-14-13-46-23-10-15-27-18(37(43)40-21-7-3-1-5-19(21)38-34(15)40)11-24-30-31-25(48(44,45)47-24)12-16(28(17)32(31)26(14)29(23)33(27)30)35-39-20-6-2-4-8-22(20)41(35)36;3*1-2/h1-12H,13H2;3*1-2H3. The lowest BCUT2D eigenvalue weighted by Gasteiger charge is -2.29. The van der Waals surface area contributed by atoms with Gasteiger partial charge in [0.05, 0.1) is 27.5 Å². The highest BCUT2D eigenvalue weighted by atomic mass is 32.2. The van der Waals surface area contributed by atoms with Crippen LogP contribution in [0.4, 0.5) is 0 Å². The Morgan fingerprint density at radius 1 is 0.556 bits per heavy atom. The van der Waals surface area contributed by atoms with Gasteiger partial charge in [-0.25, -0.2) is 9.97 Å². The molecule has 4 aromatic heterocycles. The number of ether oxygens (including phenoxy) is 1. The van der Waals surface area contributed by atoms with E-state index in [-0.39, 0.29) is 28.4 Å². The Hall–Kier alpha value is -6.33. The molecule has 10 nitrogen and oxygen atoms in total. The molecular weight excluding hydrogens is 701 g/mol. The van der Waals surface area contributed by atoms with Crippen LogP contribution in [0.3, 0.4) is 0 Å². The number of para-hydroxylation sites is 4. The number of imidazole rings is 2. The Morgan fingerprint density at radius 2 is 1.06 bits per heavy atom. The molecule has 0 spiro atoms. The van der Waals surface area contributed by atoms with Crippen LogP contribution in [0.5, 0.6) is 11.5 Å². The minimum absolute atomic E-state index is 0.00132. The highest BCUT2D eigenvalue weighted by Crippen LogP contribution is 2.56. The van der Waals surface area contributed by atoms with Gasteiger partial charge in [-0.05, 0) is 54.1 Å². The first-order valence-electron chi connectivity index (χ1n) is 18.4. The van der Waals surface area contributed by atoms with E-state index in [1.54, 1.807) is 20.9 Å². The zero-order chi connectivity index (χ0) is 37.5. The molecule has 0 N–H and O–H groups in total. The first kappa shape index (κ1) is 32.3. The molecule has 0 saturated carbocycles. The summed E-state index contributed by atoms with van der Waals surface area (Å²) in [7, 11) is -4.37. The fourth-order valence-corrected chi connectivity index (χ4v) is 10.0. The van der Waals surface area contributed by atoms with E-state index in [9.17, 15) is 18.0 Å². The average molecular weight is 733 g/mol. The summed E-state index contributed by atoms with van der Waals surface area (Å²) in [5.74, 6) is 0.659. The summed E-state index contributed by atoms with van der Waals surface area (Å²) >= 11 is 0. The predicted molar refractivity (Wildman–Crippen MR) is 216 cm³/mol. The fourth-order valence-electron chi connectivity index (χ4n) is 8.85. The summed E-state index contributed by atoms with van der Waals surface area (Å²) in [6, 6.07) is 21.7. The maximum absolute atomic E-state index is 14.4. The molecule has 266 valence electrons. The second kappa shape index (κ2) is 10.9. The lowest BCUT2D eigenvalue weighted by molar-refractivity contribution is 0.309. The molecule has 2 aliphatic heterocycles. The molecule has 11 heteroatoms. The largest absolute Gasteiger partial charge is 0.488 e. The molecule has 11 aromatic rings. The molecule has 0 radical (unpaired) electrons. The van der Waals surface area contributed by atoms with Gasteiger partial charge in [-0.15, -0.1) is 0 Å². The van der Waals surface area contributed by atoms with Crippen LogP contribution in [0.25, 0.3) is 98.0 Å². The SMILES string of the molecule is CC.CC.CC.O=c1c2cc3c4c5c(cc6c7c(cc8c(c9c(cc(c2c94)c2nc4ccccc4n12)OC8)c57)c(=O)n1c2ccccc2nc61)S(=O)(=O)O3. The normalized spacial score (nSPS) is 14.0. The van der Waals surface area contributed by atoms with E-state index in [1.165, 1.54) is 0 Å². The number of benzene rings is 7. The van der Waals surface area contributed by atoms with Crippen molar-refractivity contribution in [2.45, 2.75) is 53.0 Å². The van der Waals surface area contributed by atoms with Crippen molar-refractivity contribution >= 4 is 108 Å². The van der Waals surface area contributed by atoms with Crippen molar-refractivity contribution in [2.75, 3.05) is 0 Å². The topological polar surface area (TPSA) is 121 Å². The van der Waals surface area contributed by atoms with Crippen LogP contribution in [0.1, 0.15) is 47.1 Å². The quantitative estimate of drug-likeness (QED) is 0.0860. The Kier molecular flexibility index (Phi) is 6.50. The van der Waals surface area contributed by atoms with Crippen molar-refractivity contribution in [3.05, 3.63) is 99.1 Å². The van der Waals surface area contributed by atoms with Crippen LogP contribution in [-0.4, -0.2) is 27.2 Å². The third kappa shape index (κ3) is 3.57. The zero-order valence-corrected chi connectivity index (χ0v) is 31.1. The number of fused-ring (bicyclic) bond motifs is 8. The summed E-state index contributed by atoms with van der Waals surface area (Å²) in [5.41, 5.74) is 3.66. The van der Waals surface area contributed by atoms with E-state index in [4.69, 9.17) is 18.9 Å². The highest BCUT2D eigenvalue weighted by molar-refractivity contribution is 7.87. The first-order valence-corrected chi connectivity index (χ1v) is 19.8. The Morgan fingerprint density at radius 3 is 1.67 bits per heavy atom. The van der Waals surface area contributed by atoms with Crippen LogP contribution in [-0.2, 0) is 16.7 Å². The molecular formula is C43H32N4O6S. The Balaban J connectivity index is 0.000000576. The number of hydrogen-bond acceptors (Lipinski definition) is 8. The molecule has 0 atom stereocenters. The predicted octanol–water partition coefficient (Wildman–Crippen LogP) is 9.29. The zero-order valence-electron chi connectivity index (χ0n) is 30.3. The van der Waals surface area contributed by atoms with Gasteiger partial charge < -0.3 is 8.92 Å². The minimum Gasteiger partial charge on any atom is -0.488 e. The molecule has 0 bridgehead atoms. The summed E-state index contributed by atoms with van der Waals surface area (Å²) in [6.45, 7) is 12.2. The van der Waals surface area contributed by atoms with Crippen LogP contribution < -0.4 is 20.0 Å². The third-order valence-electron chi connectivity index (χ3n) is 10.6. The lowest BCUT2D eigenvalue weighted by atomic mass is 9.82. The van der Waals surface area contributed by atoms with Crippen molar-refractivity contribution in [1.82, 2.24) is 18.8 Å². The highest BCUT2D eigenvalue weighted by Gasteiger charge is 2.37. The van der Waals surface area contributed by atoms with Crippen LogP contribution in [0.15, 0.2) is 87.3 Å². The van der Waals surface area contributed by atoms with Crippen LogP contribution >= 0.6 is 0 Å².